The number of anilines is 2. The number of amides is 2. The molecule has 1 aliphatic rings. The molecule has 0 atom stereocenters. The lowest BCUT2D eigenvalue weighted by molar-refractivity contribution is 0.251. The average Bonchev–Trinajstić information content (AvgIpc) is 2.93. The summed E-state index contributed by atoms with van der Waals surface area (Å²) in [6, 6.07) is 7.39. The van der Waals surface area contributed by atoms with Crippen molar-refractivity contribution in [1.82, 2.24) is 5.32 Å². The van der Waals surface area contributed by atoms with Crippen molar-refractivity contribution in [3.05, 3.63) is 24.3 Å². The summed E-state index contributed by atoms with van der Waals surface area (Å²) in [5.74, 6) is 0. The van der Waals surface area contributed by atoms with Crippen LogP contribution in [0.4, 0.5) is 16.2 Å². The Hall–Kier alpha value is -1.71. The molecule has 1 saturated carbocycles. The molecule has 1 aromatic carbocycles. The maximum absolute atomic E-state index is 11.3. The van der Waals surface area contributed by atoms with E-state index in [0.717, 1.165) is 12.8 Å². The molecule has 0 aliphatic heterocycles. The fourth-order valence-electron chi connectivity index (χ4n) is 1.18. The van der Waals surface area contributed by atoms with Crippen molar-refractivity contribution >= 4 is 17.4 Å². The average molecular weight is 191 g/mol. The lowest BCUT2D eigenvalue weighted by Gasteiger charge is -2.08. The second kappa shape index (κ2) is 3.57. The van der Waals surface area contributed by atoms with E-state index in [1.54, 1.807) is 12.1 Å². The van der Waals surface area contributed by atoms with Crippen LogP contribution in [-0.4, -0.2) is 12.1 Å². The summed E-state index contributed by atoms with van der Waals surface area (Å²) >= 11 is 0. The Morgan fingerprint density at radius 3 is 2.71 bits per heavy atom. The lowest BCUT2D eigenvalue weighted by atomic mass is 10.3. The number of rotatable bonds is 2. The van der Waals surface area contributed by atoms with Crippen LogP contribution in [0.15, 0.2) is 24.3 Å². The fourth-order valence-corrected chi connectivity index (χ4v) is 1.18. The molecule has 0 aromatic heterocycles. The standard InChI is InChI=1S/C10H13N3O/c11-8-3-1-2-4-9(8)13-10(14)12-7-5-6-7/h1-4,7H,5-6,11H2,(H2,12,13,14). The second-order valence-electron chi connectivity index (χ2n) is 3.46. The number of hydrogen-bond acceptors (Lipinski definition) is 2. The van der Waals surface area contributed by atoms with Crippen LogP contribution in [0.5, 0.6) is 0 Å². The van der Waals surface area contributed by atoms with Crippen molar-refractivity contribution in [3.8, 4) is 0 Å². The van der Waals surface area contributed by atoms with E-state index >= 15 is 0 Å². The van der Waals surface area contributed by atoms with Crippen molar-refractivity contribution in [1.29, 1.82) is 0 Å². The Morgan fingerprint density at radius 1 is 1.36 bits per heavy atom. The third-order valence-corrected chi connectivity index (χ3v) is 2.12. The summed E-state index contributed by atoms with van der Waals surface area (Å²) in [6.45, 7) is 0. The molecule has 1 fully saturated rings. The quantitative estimate of drug-likeness (QED) is 0.621. The van der Waals surface area contributed by atoms with Gasteiger partial charge in [0.2, 0.25) is 0 Å². The SMILES string of the molecule is Nc1ccccc1NC(=O)NC1CC1. The van der Waals surface area contributed by atoms with E-state index in [2.05, 4.69) is 10.6 Å². The van der Waals surface area contributed by atoms with E-state index in [9.17, 15) is 4.79 Å². The molecule has 2 amide bonds. The third kappa shape index (κ3) is 2.16. The number of benzene rings is 1. The summed E-state index contributed by atoms with van der Waals surface area (Å²) in [5.41, 5.74) is 6.91. The van der Waals surface area contributed by atoms with Crippen molar-refractivity contribution < 1.29 is 4.79 Å². The maximum Gasteiger partial charge on any atom is 0.319 e. The van der Waals surface area contributed by atoms with Gasteiger partial charge in [-0.2, -0.15) is 0 Å². The number of nitrogens with two attached hydrogens (primary N) is 1. The first-order valence-electron chi connectivity index (χ1n) is 4.68. The first kappa shape index (κ1) is 8.87. The van der Waals surface area contributed by atoms with Crippen molar-refractivity contribution in [2.75, 3.05) is 11.1 Å². The monoisotopic (exact) mass is 191 g/mol. The fraction of sp³-hybridized carbons (Fsp3) is 0.300. The molecule has 1 aliphatic carbocycles. The van der Waals surface area contributed by atoms with E-state index in [1.807, 2.05) is 12.1 Å². The van der Waals surface area contributed by atoms with E-state index in [1.165, 1.54) is 0 Å². The van der Waals surface area contributed by atoms with Gasteiger partial charge in [0.1, 0.15) is 0 Å². The maximum atomic E-state index is 11.3. The van der Waals surface area contributed by atoms with E-state index in [0.29, 0.717) is 17.4 Å². The molecule has 2 rings (SSSR count). The number of urea groups is 1. The number of para-hydroxylation sites is 2. The molecule has 74 valence electrons. The third-order valence-electron chi connectivity index (χ3n) is 2.12. The Kier molecular flexibility index (Phi) is 2.26. The molecule has 4 heteroatoms. The van der Waals surface area contributed by atoms with Gasteiger partial charge in [-0.3, -0.25) is 0 Å². The topological polar surface area (TPSA) is 67.1 Å². The van der Waals surface area contributed by atoms with Gasteiger partial charge in [-0.15, -0.1) is 0 Å². The van der Waals surface area contributed by atoms with E-state index < -0.39 is 0 Å². The second-order valence-corrected chi connectivity index (χ2v) is 3.46. The highest BCUT2D eigenvalue weighted by molar-refractivity contribution is 5.92. The molecule has 0 radical (unpaired) electrons. The van der Waals surface area contributed by atoms with Gasteiger partial charge in [0.25, 0.3) is 0 Å². The van der Waals surface area contributed by atoms with Gasteiger partial charge in [-0.1, -0.05) is 12.1 Å². The van der Waals surface area contributed by atoms with Gasteiger partial charge in [0.15, 0.2) is 0 Å². The Bertz CT molecular complexity index is 347. The molecule has 0 spiro atoms. The van der Waals surface area contributed by atoms with Crippen LogP contribution >= 0.6 is 0 Å². The van der Waals surface area contributed by atoms with Gasteiger partial charge in [-0.05, 0) is 25.0 Å². The Balaban J connectivity index is 1.95. The summed E-state index contributed by atoms with van der Waals surface area (Å²) in [5, 5.41) is 5.53. The van der Waals surface area contributed by atoms with Crippen LogP contribution in [0.3, 0.4) is 0 Å². The molecule has 0 heterocycles. The van der Waals surface area contributed by atoms with Crippen molar-refractivity contribution in [3.63, 3.8) is 0 Å². The van der Waals surface area contributed by atoms with E-state index in [-0.39, 0.29) is 6.03 Å². The molecule has 14 heavy (non-hydrogen) atoms. The first-order chi connectivity index (χ1) is 6.75. The van der Waals surface area contributed by atoms with Crippen LogP contribution in [0.2, 0.25) is 0 Å². The van der Waals surface area contributed by atoms with E-state index in [4.69, 9.17) is 5.73 Å². The first-order valence-corrected chi connectivity index (χ1v) is 4.68. The van der Waals surface area contributed by atoms with Gasteiger partial charge >= 0.3 is 6.03 Å². The van der Waals surface area contributed by atoms with Gasteiger partial charge < -0.3 is 16.4 Å². The summed E-state index contributed by atoms with van der Waals surface area (Å²) in [7, 11) is 0. The predicted octanol–water partition coefficient (Wildman–Crippen LogP) is 1.55. The Morgan fingerprint density at radius 2 is 2.07 bits per heavy atom. The van der Waals surface area contributed by atoms with Crippen LogP contribution in [0.1, 0.15) is 12.8 Å². The molecular formula is C10H13N3O. The zero-order valence-electron chi connectivity index (χ0n) is 7.79. The number of hydrogen-bond donors (Lipinski definition) is 3. The minimum absolute atomic E-state index is 0.176. The number of carbonyl (C=O) groups is 1. The molecule has 0 unspecified atom stereocenters. The Labute approximate surface area is 82.5 Å². The van der Waals surface area contributed by atoms with Gasteiger partial charge in [0.05, 0.1) is 11.4 Å². The van der Waals surface area contributed by atoms with Crippen LogP contribution in [0, 0.1) is 0 Å². The summed E-state index contributed by atoms with van der Waals surface area (Å²) in [4.78, 5) is 11.3. The molecule has 0 bridgehead atoms. The predicted molar refractivity (Wildman–Crippen MR) is 56.0 cm³/mol. The smallest absolute Gasteiger partial charge is 0.319 e. The molecular weight excluding hydrogens is 178 g/mol. The highest BCUT2D eigenvalue weighted by atomic mass is 16.2. The largest absolute Gasteiger partial charge is 0.397 e. The normalized spacial score (nSPS) is 14.9. The minimum atomic E-state index is -0.176. The van der Waals surface area contributed by atoms with Crippen molar-refractivity contribution in [2.24, 2.45) is 0 Å². The van der Waals surface area contributed by atoms with Crippen LogP contribution < -0.4 is 16.4 Å². The highest BCUT2D eigenvalue weighted by Gasteiger charge is 2.23. The molecule has 4 N–H and O–H groups in total. The van der Waals surface area contributed by atoms with Crippen molar-refractivity contribution in [2.45, 2.75) is 18.9 Å². The van der Waals surface area contributed by atoms with Crippen LogP contribution in [-0.2, 0) is 0 Å². The highest BCUT2D eigenvalue weighted by Crippen LogP contribution is 2.20. The number of nitrogens with one attached hydrogen (secondary N) is 2. The van der Waals surface area contributed by atoms with Gasteiger partial charge in [-0.25, -0.2) is 4.79 Å². The summed E-state index contributed by atoms with van der Waals surface area (Å²) < 4.78 is 0. The number of nitrogen functional groups attached to an aromatic ring is 1. The van der Waals surface area contributed by atoms with Crippen LogP contribution in [0.25, 0.3) is 0 Å². The zero-order chi connectivity index (χ0) is 9.97. The summed E-state index contributed by atoms with van der Waals surface area (Å²) in [6.07, 6.45) is 2.16. The molecule has 1 aromatic rings. The number of carbonyl (C=O) groups excluding carboxylic acids is 1. The molecule has 4 nitrogen and oxygen atoms in total. The lowest BCUT2D eigenvalue weighted by Crippen LogP contribution is -2.30. The molecule has 0 saturated heterocycles. The minimum Gasteiger partial charge on any atom is -0.397 e. The van der Waals surface area contributed by atoms with Gasteiger partial charge in [0, 0.05) is 6.04 Å². The zero-order valence-corrected chi connectivity index (χ0v) is 7.79.